The lowest BCUT2D eigenvalue weighted by molar-refractivity contribution is 0.279. The quantitative estimate of drug-likeness (QED) is 0.643. The molecule has 0 amide bonds. The van der Waals surface area contributed by atoms with E-state index >= 15 is 0 Å². The first kappa shape index (κ1) is 10.8. The van der Waals surface area contributed by atoms with E-state index in [0.717, 1.165) is 24.3 Å². The Morgan fingerprint density at radius 1 is 1.54 bits per heavy atom. The Morgan fingerprint density at radius 2 is 2.31 bits per heavy atom. The molecule has 0 saturated heterocycles. The monoisotopic (exact) mass is 181 g/mol. The largest absolute Gasteiger partial charge is 0.320 e. The summed E-state index contributed by atoms with van der Waals surface area (Å²) in [5.74, 6) is 2.64. The smallest absolute Gasteiger partial charge is 0.00462 e. The summed E-state index contributed by atoms with van der Waals surface area (Å²) in [5.41, 5.74) is 0. The second-order valence-corrected chi connectivity index (χ2v) is 4.27. The molecule has 0 aliphatic heterocycles. The molecule has 0 aromatic heterocycles. The molecule has 1 aliphatic rings. The number of nitrogens with one attached hydrogen (secondary N) is 1. The number of allylic oxidation sites excluding steroid dienone is 2. The van der Waals surface area contributed by atoms with Gasteiger partial charge in [-0.1, -0.05) is 32.4 Å². The van der Waals surface area contributed by atoms with E-state index in [2.05, 4.69) is 31.3 Å². The maximum Gasteiger partial charge on any atom is -0.00462 e. The van der Waals surface area contributed by atoms with E-state index in [4.69, 9.17) is 0 Å². The third-order valence-corrected chi connectivity index (χ3v) is 3.44. The third-order valence-electron chi connectivity index (χ3n) is 3.44. The van der Waals surface area contributed by atoms with Crippen LogP contribution in [0.4, 0.5) is 0 Å². The lowest BCUT2D eigenvalue weighted by Gasteiger charge is -2.24. The van der Waals surface area contributed by atoms with Crippen LogP contribution in [0.2, 0.25) is 0 Å². The highest BCUT2D eigenvalue weighted by atomic mass is 14.8. The van der Waals surface area contributed by atoms with Crippen molar-refractivity contribution in [1.29, 1.82) is 0 Å². The zero-order valence-corrected chi connectivity index (χ0v) is 9.22. The number of rotatable bonds is 5. The van der Waals surface area contributed by atoms with Crippen LogP contribution < -0.4 is 5.32 Å². The molecule has 0 radical (unpaired) electrons. The lowest BCUT2D eigenvalue weighted by atomic mass is 9.81. The summed E-state index contributed by atoms with van der Waals surface area (Å²) in [5, 5.41) is 3.24. The van der Waals surface area contributed by atoms with Crippen molar-refractivity contribution < 1.29 is 0 Å². The van der Waals surface area contributed by atoms with Gasteiger partial charge in [0, 0.05) is 0 Å². The molecule has 3 unspecified atom stereocenters. The molecule has 76 valence electrons. The molecule has 0 spiro atoms. The normalized spacial score (nSPS) is 29.5. The molecule has 0 bridgehead atoms. The zero-order chi connectivity index (χ0) is 9.68. The predicted molar refractivity (Wildman–Crippen MR) is 58.7 cm³/mol. The Morgan fingerprint density at radius 3 is 2.92 bits per heavy atom. The predicted octanol–water partition coefficient (Wildman–Crippen LogP) is 2.83. The van der Waals surface area contributed by atoms with Gasteiger partial charge < -0.3 is 5.32 Å². The molecule has 0 aromatic carbocycles. The van der Waals surface area contributed by atoms with Crippen molar-refractivity contribution in [2.75, 3.05) is 13.6 Å². The minimum Gasteiger partial charge on any atom is -0.320 e. The molecular formula is C12H23N. The molecule has 1 heteroatoms. The summed E-state index contributed by atoms with van der Waals surface area (Å²) >= 11 is 0. The molecule has 3 atom stereocenters. The fourth-order valence-electron chi connectivity index (χ4n) is 2.31. The van der Waals surface area contributed by atoms with Gasteiger partial charge in [0.05, 0.1) is 0 Å². The molecule has 0 fully saturated rings. The highest BCUT2D eigenvalue weighted by molar-refractivity contribution is 5.02. The van der Waals surface area contributed by atoms with E-state index < -0.39 is 0 Å². The highest BCUT2D eigenvalue weighted by Crippen LogP contribution is 2.34. The Labute approximate surface area is 82.6 Å². The van der Waals surface area contributed by atoms with Crippen LogP contribution in [0.1, 0.15) is 33.1 Å². The summed E-state index contributed by atoms with van der Waals surface area (Å²) in [6.45, 7) is 5.85. The van der Waals surface area contributed by atoms with Crippen LogP contribution in [0.25, 0.3) is 0 Å². The fraction of sp³-hybridized carbons (Fsp3) is 0.833. The number of hydrogen-bond donors (Lipinski definition) is 1. The minimum absolute atomic E-state index is 0.836. The van der Waals surface area contributed by atoms with Gasteiger partial charge in [0.15, 0.2) is 0 Å². The SMILES string of the molecule is CCC(C)C1CC=CC1CCNC. The van der Waals surface area contributed by atoms with E-state index in [-0.39, 0.29) is 0 Å². The maximum absolute atomic E-state index is 3.24. The fourth-order valence-corrected chi connectivity index (χ4v) is 2.31. The van der Waals surface area contributed by atoms with Crippen LogP contribution in [-0.2, 0) is 0 Å². The topological polar surface area (TPSA) is 12.0 Å². The zero-order valence-electron chi connectivity index (χ0n) is 9.22. The first-order valence-corrected chi connectivity index (χ1v) is 5.60. The van der Waals surface area contributed by atoms with Crippen LogP contribution in [-0.4, -0.2) is 13.6 Å². The van der Waals surface area contributed by atoms with Gasteiger partial charge in [0.2, 0.25) is 0 Å². The first-order chi connectivity index (χ1) is 6.29. The van der Waals surface area contributed by atoms with Crippen molar-refractivity contribution >= 4 is 0 Å². The Balaban J connectivity index is 2.38. The van der Waals surface area contributed by atoms with Crippen molar-refractivity contribution in [3.8, 4) is 0 Å². The Kier molecular flexibility index (Phi) is 4.51. The van der Waals surface area contributed by atoms with Gasteiger partial charge >= 0.3 is 0 Å². The summed E-state index contributed by atoms with van der Waals surface area (Å²) in [6, 6.07) is 0. The molecular weight excluding hydrogens is 158 g/mol. The molecule has 1 aliphatic carbocycles. The lowest BCUT2D eigenvalue weighted by Crippen LogP contribution is -2.20. The summed E-state index contributed by atoms with van der Waals surface area (Å²) in [4.78, 5) is 0. The van der Waals surface area contributed by atoms with Crippen LogP contribution in [0.5, 0.6) is 0 Å². The average Bonchev–Trinajstić information content (AvgIpc) is 2.61. The number of hydrogen-bond acceptors (Lipinski definition) is 1. The van der Waals surface area contributed by atoms with Gasteiger partial charge in [0.1, 0.15) is 0 Å². The average molecular weight is 181 g/mol. The van der Waals surface area contributed by atoms with Gasteiger partial charge in [-0.25, -0.2) is 0 Å². The standard InChI is InChI=1S/C12H23N/c1-4-10(2)12-7-5-6-11(12)8-9-13-3/h5-6,10-13H,4,7-9H2,1-3H3. The van der Waals surface area contributed by atoms with Gasteiger partial charge in [-0.15, -0.1) is 0 Å². The minimum atomic E-state index is 0.836. The van der Waals surface area contributed by atoms with Crippen LogP contribution >= 0.6 is 0 Å². The molecule has 0 aromatic rings. The van der Waals surface area contributed by atoms with Crippen molar-refractivity contribution in [3.05, 3.63) is 12.2 Å². The van der Waals surface area contributed by atoms with E-state index in [1.54, 1.807) is 0 Å². The molecule has 0 saturated carbocycles. The van der Waals surface area contributed by atoms with Crippen molar-refractivity contribution in [2.24, 2.45) is 17.8 Å². The Hall–Kier alpha value is -0.300. The molecule has 13 heavy (non-hydrogen) atoms. The summed E-state index contributed by atoms with van der Waals surface area (Å²) in [7, 11) is 2.04. The molecule has 0 heterocycles. The third kappa shape index (κ3) is 2.84. The van der Waals surface area contributed by atoms with Crippen molar-refractivity contribution in [3.63, 3.8) is 0 Å². The van der Waals surface area contributed by atoms with Crippen LogP contribution in [0, 0.1) is 17.8 Å². The van der Waals surface area contributed by atoms with Gasteiger partial charge in [0.25, 0.3) is 0 Å². The highest BCUT2D eigenvalue weighted by Gasteiger charge is 2.25. The van der Waals surface area contributed by atoms with E-state index in [1.165, 1.54) is 19.3 Å². The second-order valence-electron chi connectivity index (χ2n) is 4.27. The van der Waals surface area contributed by atoms with Gasteiger partial charge in [-0.2, -0.15) is 0 Å². The van der Waals surface area contributed by atoms with E-state index in [0.29, 0.717) is 0 Å². The second kappa shape index (κ2) is 5.43. The maximum atomic E-state index is 3.24. The van der Waals surface area contributed by atoms with Gasteiger partial charge in [-0.05, 0) is 44.2 Å². The van der Waals surface area contributed by atoms with Crippen LogP contribution in [0.3, 0.4) is 0 Å². The van der Waals surface area contributed by atoms with E-state index in [1.807, 2.05) is 7.05 Å². The van der Waals surface area contributed by atoms with Crippen molar-refractivity contribution in [1.82, 2.24) is 5.32 Å². The summed E-state index contributed by atoms with van der Waals surface area (Å²) < 4.78 is 0. The molecule has 1 rings (SSSR count). The van der Waals surface area contributed by atoms with E-state index in [9.17, 15) is 0 Å². The van der Waals surface area contributed by atoms with Gasteiger partial charge in [-0.3, -0.25) is 0 Å². The van der Waals surface area contributed by atoms with Crippen LogP contribution in [0.15, 0.2) is 12.2 Å². The molecule has 1 nitrogen and oxygen atoms in total. The Bertz CT molecular complexity index is 163. The molecule has 1 N–H and O–H groups in total. The van der Waals surface area contributed by atoms with Crippen molar-refractivity contribution in [2.45, 2.75) is 33.1 Å². The first-order valence-electron chi connectivity index (χ1n) is 5.60. The summed E-state index contributed by atoms with van der Waals surface area (Å²) in [6.07, 6.45) is 8.74.